The number of hydrogen-bond donors (Lipinski definition) is 1. The highest BCUT2D eigenvalue weighted by molar-refractivity contribution is 6.74. The molecule has 0 radical (unpaired) electrons. The van der Waals surface area contributed by atoms with E-state index < -0.39 is 26.6 Å². The molecule has 2 aromatic carbocycles. The van der Waals surface area contributed by atoms with E-state index in [0.717, 1.165) is 11.1 Å². The van der Waals surface area contributed by atoms with Gasteiger partial charge in [0, 0.05) is 0 Å². The third-order valence-corrected chi connectivity index (χ3v) is 10.7. The zero-order valence-electron chi connectivity index (χ0n) is 20.9. The van der Waals surface area contributed by atoms with Gasteiger partial charge in [0.05, 0.1) is 25.9 Å². The van der Waals surface area contributed by atoms with E-state index in [9.17, 15) is 9.90 Å². The number of hydrogen-bond acceptors (Lipinski definition) is 5. The van der Waals surface area contributed by atoms with Crippen molar-refractivity contribution in [1.82, 2.24) is 0 Å². The minimum absolute atomic E-state index is 0.0916. The fourth-order valence-electron chi connectivity index (χ4n) is 3.06. The fraction of sp³-hybridized carbons (Fsp3) is 0.519. The first kappa shape index (κ1) is 27.4. The lowest BCUT2D eigenvalue weighted by Crippen LogP contribution is -2.53. The topological polar surface area (TPSA) is 65.0 Å². The van der Waals surface area contributed by atoms with E-state index in [2.05, 4.69) is 33.9 Å². The molecule has 0 heterocycles. The normalized spacial score (nSPS) is 15.1. The number of ketones is 1. The van der Waals surface area contributed by atoms with Crippen LogP contribution in [0.2, 0.25) is 18.1 Å². The van der Waals surface area contributed by atoms with E-state index in [-0.39, 0.29) is 24.0 Å². The number of benzene rings is 2. The van der Waals surface area contributed by atoms with Gasteiger partial charge in [0.15, 0.2) is 14.1 Å². The first-order valence-corrected chi connectivity index (χ1v) is 14.6. The summed E-state index contributed by atoms with van der Waals surface area (Å²) in [4.78, 5) is 13.6. The minimum Gasteiger partial charge on any atom is -0.404 e. The van der Waals surface area contributed by atoms with Crippen molar-refractivity contribution in [1.29, 1.82) is 0 Å². The van der Waals surface area contributed by atoms with Crippen LogP contribution in [0.5, 0.6) is 0 Å². The van der Waals surface area contributed by atoms with Crippen LogP contribution in [0, 0.1) is 0 Å². The second kappa shape index (κ2) is 12.6. The Kier molecular flexibility index (Phi) is 10.4. The van der Waals surface area contributed by atoms with Crippen LogP contribution in [0.25, 0.3) is 0 Å². The average molecular weight is 473 g/mol. The number of aliphatic hydroxyl groups excluding tert-OH is 1. The molecule has 0 aromatic heterocycles. The summed E-state index contributed by atoms with van der Waals surface area (Å²) in [6.07, 6.45) is -2.27. The zero-order valence-corrected chi connectivity index (χ0v) is 21.9. The quantitative estimate of drug-likeness (QED) is 0.389. The lowest BCUT2D eigenvalue weighted by molar-refractivity contribution is -0.149. The van der Waals surface area contributed by atoms with Crippen molar-refractivity contribution in [3.05, 3.63) is 71.8 Å². The van der Waals surface area contributed by atoms with Crippen LogP contribution in [-0.2, 0) is 31.9 Å². The molecule has 3 atom stereocenters. The maximum atomic E-state index is 13.6. The summed E-state index contributed by atoms with van der Waals surface area (Å²) in [6, 6.07) is 19.5. The molecular weight excluding hydrogens is 432 g/mol. The maximum absolute atomic E-state index is 13.6. The second-order valence-electron chi connectivity index (χ2n) is 9.96. The van der Waals surface area contributed by atoms with Gasteiger partial charge in [-0.1, -0.05) is 88.4 Å². The Morgan fingerprint density at radius 1 is 0.939 bits per heavy atom. The Morgan fingerprint density at radius 3 is 1.94 bits per heavy atom. The summed E-state index contributed by atoms with van der Waals surface area (Å²) in [7, 11) is -2.30. The van der Waals surface area contributed by atoms with Gasteiger partial charge >= 0.3 is 0 Å². The van der Waals surface area contributed by atoms with Crippen LogP contribution in [0.3, 0.4) is 0 Å². The third kappa shape index (κ3) is 8.47. The van der Waals surface area contributed by atoms with Crippen molar-refractivity contribution < 1.29 is 23.8 Å². The lowest BCUT2D eigenvalue weighted by atomic mass is 10.0. The highest BCUT2D eigenvalue weighted by Gasteiger charge is 2.44. The average Bonchev–Trinajstić information content (AvgIpc) is 2.79. The van der Waals surface area contributed by atoms with Gasteiger partial charge in [-0.15, -0.1) is 0 Å². The monoisotopic (exact) mass is 472 g/mol. The zero-order chi connectivity index (χ0) is 24.5. The van der Waals surface area contributed by atoms with Crippen molar-refractivity contribution in [3.8, 4) is 0 Å². The molecule has 0 fully saturated rings. The van der Waals surface area contributed by atoms with Gasteiger partial charge in [-0.25, -0.2) is 0 Å². The number of aliphatic hydroxyl groups is 1. The number of carbonyl (C=O) groups is 1. The third-order valence-electron chi connectivity index (χ3n) is 6.27. The first-order valence-electron chi connectivity index (χ1n) is 11.7. The standard InChI is InChI=1S/C27H40O5Si/c1-7-23(28)26(32-33(5,6)27(2,3)4)25(29)24(31-19-22-16-12-9-13-17-22)20-30-18-21-14-10-8-11-15-21/h8-17,23-24,26,28H,7,18-20H2,1-6H3/t23?,24-,26+/m0/s1. The van der Waals surface area contributed by atoms with E-state index in [1.165, 1.54) is 0 Å². The van der Waals surface area contributed by atoms with Gasteiger partial charge in [-0.3, -0.25) is 4.79 Å². The van der Waals surface area contributed by atoms with Gasteiger partial charge in [0.25, 0.3) is 0 Å². The molecule has 0 amide bonds. The molecule has 0 aliphatic rings. The van der Waals surface area contributed by atoms with Gasteiger partial charge in [-0.2, -0.15) is 0 Å². The summed E-state index contributed by atoms with van der Waals surface area (Å²) < 4.78 is 18.4. The molecule has 0 aliphatic heterocycles. The lowest BCUT2D eigenvalue weighted by Gasteiger charge is -2.40. The molecular formula is C27H40O5Si. The smallest absolute Gasteiger partial charge is 0.193 e. The predicted octanol–water partition coefficient (Wildman–Crippen LogP) is 5.52. The molecule has 0 aliphatic carbocycles. The molecule has 0 saturated carbocycles. The van der Waals surface area contributed by atoms with E-state index in [1.54, 1.807) is 0 Å². The number of carbonyl (C=O) groups excluding carboxylic acids is 1. The van der Waals surface area contributed by atoms with Crippen molar-refractivity contribution in [2.75, 3.05) is 6.61 Å². The Hall–Kier alpha value is -1.83. The van der Waals surface area contributed by atoms with Crippen LogP contribution in [0.1, 0.15) is 45.2 Å². The van der Waals surface area contributed by atoms with Crippen molar-refractivity contribution in [2.24, 2.45) is 0 Å². The molecule has 0 bridgehead atoms. The van der Waals surface area contributed by atoms with Crippen LogP contribution < -0.4 is 0 Å². The second-order valence-corrected chi connectivity index (χ2v) is 14.7. The molecule has 5 nitrogen and oxygen atoms in total. The first-order chi connectivity index (χ1) is 15.5. The largest absolute Gasteiger partial charge is 0.404 e. The molecule has 182 valence electrons. The van der Waals surface area contributed by atoms with Crippen LogP contribution in [-0.4, -0.2) is 44.1 Å². The summed E-state index contributed by atoms with van der Waals surface area (Å²) in [5, 5.41) is 10.6. The van der Waals surface area contributed by atoms with E-state index in [0.29, 0.717) is 13.0 Å². The maximum Gasteiger partial charge on any atom is 0.193 e. The van der Waals surface area contributed by atoms with Gasteiger partial charge in [-0.05, 0) is 35.7 Å². The molecule has 0 saturated heterocycles. The molecule has 1 N–H and O–H groups in total. The Bertz CT molecular complexity index is 833. The van der Waals surface area contributed by atoms with Crippen LogP contribution in [0.4, 0.5) is 0 Å². The number of rotatable bonds is 13. The van der Waals surface area contributed by atoms with Crippen molar-refractivity contribution in [2.45, 2.75) is 83.8 Å². The van der Waals surface area contributed by atoms with Gasteiger partial charge in [0.2, 0.25) is 0 Å². The van der Waals surface area contributed by atoms with E-state index in [1.807, 2.05) is 67.6 Å². The molecule has 1 unspecified atom stereocenters. The molecule has 6 heteroatoms. The predicted molar refractivity (Wildman–Crippen MR) is 134 cm³/mol. The SMILES string of the molecule is CCC(O)[C@@H](O[Si](C)(C)C(C)(C)C)C(=O)[C@H](COCc1ccccc1)OCc1ccccc1. The Balaban J connectivity index is 2.19. The van der Waals surface area contributed by atoms with Gasteiger partial charge < -0.3 is 19.0 Å². The highest BCUT2D eigenvalue weighted by Crippen LogP contribution is 2.38. The Labute approximate surface area is 200 Å². The fourth-order valence-corrected chi connectivity index (χ4v) is 4.32. The summed E-state index contributed by atoms with van der Waals surface area (Å²) >= 11 is 0. The Morgan fingerprint density at radius 2 is 1.45 bits per heavy atom. The van der Waals surface area contributed by atoms with Crippen LogP contribution in [0.15, 0.2) is 60.7 Å². The van der Waals surface area contributed by atoms with Gasteiger partial charge in [0.1, 0.15) is 12.2 Å². The van der Waals surface area contributed by atoms with Crippen molar-refractivity contribution in [3.63, 3.8) is 0 Å². The van der Waals surface area contributed by atoms with Crippen molar-refractivity contribution >= 4 is 14.1 Å². The summed E-state index contributed by atoms with van der Waals surface area (Å²) in [5.41, 5.74) is 1.99. The van der Waals surface area contributed by atoms with Crippen LogP contribution >= 0.6 is 0 Å². The van der Waals surface area contributed by atoms with E-state index in [4.69, 9.17) is 13.9 Å². The summed E-state index contributed by atoms with van der Waals surface area (Å²) in [5.74, 6) is -0.266. The molecule has 33 heavy (non-hydrogen) atoms. The summed E-state index contributed by atoms with van der Waals surface area (Å²) in [6.45, 7) is 13.1. The molecule has 0 spiro atoms. The van der Waals surface area contributed by atoms with E-state index >= 15 is 0 Å². The number of ether oxygens (including phenoxy) is 2. The molecule has 2 rings (SSSR count). The molecule has 2 aromatic rings. The highest BCUT2D eigenvalue weighted by atomic mass is 28.4. The number of Topliss-reactive ketones (excluding diaryl/α,β-unsaturated/α-hetero) is 1. The minimum atomic E-state index is -2.30.